The van der Waals surface area contributed by atoms with Gasteiger partial charge in [0.25, 0.3) is 0 Å². The highest BCUT2D eigenvalue weighted by Crippen LogP contribution is 2.28. The third-order valence-corrected chi connectivity index (χ3v) is 3.72. The Balaban J connectivity index is 0.00000162. The highest BCUT2D eigenvalue weighted by atomic mass is 35.5. The summed E-state index contributed by atoms with van der Waals surface area (Å²) >= 11 is 0. The van der Waals surface area contributed by atoms with Crippen molar-refractivity contribution >= 4 is 18.1 Å². The Bertz CT molecular complexity index is 377. The highest BCUT2D eigenvalue weighted by Gasteiger charge is 2.29. The summed E-state index contributed by atoms with van der Waals surface area (Å²) < 4.78 is 0. The minimum Gasteiger partial charge on any atom is -0.374 e. The van der Waals surface area contributed by atoms with Crippen molar-refractivity contribution < 1.29 is 0 Å². The maximum absolute atomic E-state index is 3.47. The fraction of sp³-hybridized carbons (Fsp3) is 0.600. The van der Waals surface area contributed by atoms with E-state index in [4.69, 9.17) is 0 Å². The van der Waals surface area contributed by atoms with Crippen LogP contribution in [0, 0.1) is 19.3 Å². The number of halogens is 1. The van der Waals surface area contributed by atoms with E-state index in [2.05, 4.69) is 56.2 Å². The quantitative estimate of drug-likeness (QED) is 0.906. The number of benzene rings is 1. The molecule has 0 aliphatic carbocycles. The molecule has 1 N–H and O–H groups in total. The first-order valence-electron chi connectivity index (χ1n) is 6.49. The molecule has 1 atom stereocenters. The van der Waals surface area contributed by atoms with Crippen molar-refractivity contribution in [2.24, 2.45) is 5.41 Å². The normalized spacial score (nSPS) is 22.7. The molecule has 1 heterocycles. The van der Waals surface area contributed by atoms with Gasteiger partial charge in [0.05, 0.1) is 0 Å². The third-order valence-electron chi connectivity index (χ3n) is 3.72. The number of anilines is 1. The summed E-state index contributed by atoms with van der Waals surface area (Å²) in [6, 6.07) is 6.79. The summed E-state index contributed by atoms with van der Waals surface area (Å²) in [5, 5.41) is 3.47. The maximum Gasteiger partial charge on any atom is 0.0369 e. The minimum absolute atomic E-state index is 0. The molecule has 0 aromatic heterocycles. The maximum atomic E-state index is 3.47. The summed E-state index contributed by atoms with van der Waals surface area (Å²) in [6.07, 6.45) is 1.28. The lowest BCUT2D eigenvalue weighted by atomic mass is 9.89. The number of aryl methyl sites for hydroxylation is 2. The van der Waals surface area contributed by atoms with Gasteiger partial charge < -0.3 is 10.2 Å². The van der Waals surface area contributed by atoms with E-state index in [0.717, 1.165) is 19.6 Å². The largest absolute Gasteiger partial charge is 0.374 e. The molecule has 2 nitrogen and oxygen atoms in total. The number of hydrogen-bond donors (Lipinski definition) is 1. The van der Waals surface area contributed by atoms with E-state index in [1.807, 2.05) is 0 Å². The Morgan fingerprint density at radius 3 is 2.33 bits per heavy atom. The molecule has 0 radical (unpaired) electrons. The van der Waals surface area contributed by atoms with Gasteiger partial charge in [0.15, 0.2) is 0 Å². The Kier molecular flexibility index (Phi) is 5.06. The van der Waals surface area contributed by atoms with Crippen LogP contribution in [0.5, 0.6) is 0 Å². The molecular formula is C15H25ClN2. The highest BCUT2D eigenvalue weighted by molar-refractivity contribution is 5.85. The lowest BCUT2D eigenvalue weighted by Crippen LogP contribution is -2.35. The Hall–Kier alpha value is -0.730. The molecule has 1 unspecified atom stereocenters. The minimum atomic E-state index is 0. The molecule has 1 fully saturated rings. The molecule has 102 valence electrons. The van der Waals surface area contributed by atoms with Crippen molar-refractivity contribution in [2.45, 2.75) is 27.2 Å². The fourth-order valence-corrected chi connectivity index (χ4v) is 2.84. The summed E-state index contributed by atoms with van der Waals surface area (Å²) in [5.41, 5.74) is 4.46. The van der Waals surface area contributed by atoms with Gasteiger partial charge in [0.2, 0.25) is 0 Å². The smallest absolute Gasteiger partial charge is 0.0369 e. The molecule has 1 saturated heterocycles. The number of nitrogens with one attached hydrogen (secondary N) is 1. The SMILES string of the molecule is Cc1cc(C)cc(N(C)CC2(C)CCNC2)c1.Cl. The summed E-state index contributed by atoms with van der Waals surface area (Å²) in [7, 11) is 2.21. The molecule has 0 saturated carbocycles. The van der Waals surface area contributed by atoms with Crippen molar-refractivity contribution in [2.75, 3.05) is 31.6 Å². The van der Waals surface area contributed by atoms with E-state index in [0.29, 0.717) is 5.41 Å². The average Bonchev–Trinajstić information content (AvgIpc) is 2.63. The summed E-state index contributed by atoms with van der Waals surface area (Å²) in [5.74, 6) is 0. The Labute approximate surface area is 117 Å². The van der Waals surface area contributed by atoms with E-state index in [-0.39, 0.29) is 12.4 Å². The predicted octanol–water partition coefficient (Wildman–Crippen LogP) is 3.16. The van der Waals surface area contributed by atoms with Crippen LogP contribution in [0.2, 0.25) is 0 Å². The molecular weight excluding hydrogens is 244 g/mol. The van der Waals surface area contributed by atoms with Gasteiger partial charge in [0.1, 0.15) is 0 Å². The molecule has 0 amide bonds. The first-order chi connectivity index (χ1) is 7.98. The van der Waals surface area contributed by atoms with Crippen LogP contribution in [-0.2, 0) is 0 Å². The number of rotatable bonds is 3. The second kappa shape index (κ2) is 5.94. The summed E-state index contributed by atoms with van der Waals surface area (Å²) in [4.78, 5) is 2.40. The van der Waals surface area contributed by atoms with Gasteiger partial charge in [-0.3, -0.25) is 0 Å². The van der Waals surface area contributed by atoms with Gasteiger partial charge in [-0.25, -0.2) is 0 Å². The van der Waals surface area contributed by atoms with Crippen molar-refractivity contribution in [3.63, 3.8) is 0 Å². The molecule has 1 aromatic rings. The molecule has 0 bridgehead atoms. The van der Waals surface area contributed by atoms with Gasteiger partial charge in [-0.05, 0) is 55.5 Å². The van der Waals surface area contributed by atoms with E-state index < -0.39 is 0 Å². The van der Waals surface area contributed by atoms with Crippen LogP contribution >= 0.6 is 12.4 Å². The first-order valence-corrected chi connectivity index (χ1v) is 6.49. The van der Waals surface area contributed by atoms with Crippen molar-refractivity contribution in [1.29, 1.82) is 0 Å². The standard InChI is InChI=1S/C15H24N2.ClH/c1-12-7-13(2)9-14(8-12)17(4)11-15(3)5-6-16-10-15;/h7-9,16H,5-6,10-11H2,1-4H3;1H. The average molecular weight is 269 g/mol. The number of hydrogen-bond acceptors (Lipinski definition) is 2. The topological polar surface area (TPSA) is 15.3 Å². The molecule has 2 rings (SSSR count). The zero-order chi connectivity index (χ0) is 12.5. The van der Waals surface area contributed by atoms with E-state index in [1.165, 1.54) is 23.2 Å². The number of nitrogens with zero attached hydrogens (tertiary/aromatic N) is 1. The predicted molar refractivity (Wildman–Crippen MR) is 82.0 cm³/mol. The second-order valence-electron chi connectivity index (χ2n) is 5.94. The zero-order valence-electron chi connectivity index (χ0n) is 11.9. The first kappa shape index (κ1) is 15.3. The van der Waals surface area contributed by atoms with E-state index in [9.17, 15) is 0 Å². The van der Waals surface area contributed by atoms with Gasteiger partial charge in [-0.1, -0.05) is 13.0 Å². The Morgan fingerprint density at radius 2 is 1.83 bits per heavy atom. The van der Waals surface area contributed by atoms with Gasteiger partial charge >= 0.3 is 0 Å². The van der Waals surface area contributed by atoms with Gasteiger partial charge in [0, 0.05) is 25.8 Å². The van der Waals surface area contributed by atoms with Crippen LogP contribution in [0.15, 0.2) is 18.2 Å². The van der Waals surface area contributed by atoms with Crippen molar-refractivity contribution in [3.8, 4) is 0 Å². The van der Waals surface area contributed by atoms with Crippen molar-refractivity contribution in [1.82, 2.24) is 5.32 Å². The lowest BCUT2D eigenvalue weighted by Gasteiger charge is -2.31. The molecule has 1 aromatic carbocycles. The van der Waals surface area contributed by atoms with Gasteiger partial charge in [-0.2, -0.15) is 0 Å². The van der Waals surface area contributed by atoms with Crippen LogP contribution in [0.1, 0.15) is 24.5 Å². The van der Waals surface area contributed by atoms with Crippen LogP contribution in [0.4, 0.5) is 5.69 Å². The second-order valence-corrected chi connectivity index (χ2v) is 5.94. The fourth-order valence-electron chi connectivity index (χ4n) is 2.84. The molecule has 18 heavy (non-hydrogen) atoms. The zero-order valence-corrected chi connectivity index (χ0v) is 12.7. The van der Waals surface area contributed by atoms with Gasteiger partial charge in [-0.15, -0.1) is 12.4 Å². The molecule has 0 spiro atoms. The van der Waals surface area contributed by atoms with E-state index >= 15 is 0 Å². The van der Waals surface area contributed by atoms with Crippen molar-refractivity contribution in [3.05, 3.63) is 29.3 Å². The van der Waals surface area contributed by atoms with Crippen LogP contribution in [0.3, 0.4) is 0 Å². The van der Waals surface area contributed by atoms with Crippen LogP contribution < -0.4 is 10.2 Å². The third kappa shape index (κ3) is 3.63. The monoisotopic (exact) mass is 268 g/mol. The Morgan fingerprint density at radius 1 is 1.22 bits per heavy atom. The molecule has 1 aliphatic rings. The lowest BCUT2D eigenvalue weighted by molar-refractivity contribution is 0.371. The molecule has 3 heteroatoms. The van der Waals surface area contributed by atoms with Crippen LogP contribution in [-0.4, -0.2) is 26.7 Å². The van der Waals surface area contributed by atoms with Crippen LogP contribution in [0.25, 0.3) is 0 Å². The van der Waals surface area contributed by atoms with E-state index in [1.54, 1.807) is 0 Å². The summed E-state index contributed by atoms with van der Waals surface area (Å²) in [6.45, 7) is 10.2. The molecule has 1 aliphatic heterocycles.